The van der Waals surface area contributed by atoms with Gasteiger partial charge in [-0.1, -0.05) is 19.3 Å². The molecule has 0 atom stereocenters. The van der Waals surface area contributed by atoms with Crippen molar-refractivity contribution in [1.29, 1.82) is 0 Å². The van der Waals surface area contributed by atoms with Crippen LogP contribution in [-0.4, -0.2) is 37.0 Å². The van der Waals surface area contributed by atoms with Crippen LogP contribution < -0.4 is 19.5 Å². The number of anilines is 1. The SMILES string of the molecule is COc1ccc(Cn2nccc2NC(=O)C2CCCCC2)c(OC)c1OC. The van der Waals surface area contributed by atoms with Gasteiger partial charge in [0.2, 0.25) is 11.7 Å². The number of carbonyl (C=O) groups excluding carboxylic acids is 1. The normalized spacial score (nSPS) is 14.6. The summed E-state index contributed by atoms with van der Waals surface area (Å²) in [7, 11) is 4.76. The third-order valence-corrected chi connectivity index (χ3v) is 5.05. The molecule has 0 bridgehead atoms. The number of rotatable bonds is 7. The minimum atomic E-state index is 0.0794. The number of aromatic nitrogens is 2. The molecule has 1 aliphatic rings. The van der Waals surface area contributed by atoms with E-state index in [1.54, 1.807) is 32.2 Å². The Balaban J connectivity index is 1.79. The Morgan fingerprint density at radius 2 is 1.81 bits per heavy atom. The molecule has 1 saturated carbocycles. The van der Waals surface area contributed by atoms with Crippen LogP contribution in [0.25, 0.3) is 0 Å². The average Bonchev–Trinajstić information content (AvgIpc) is 3.14. The first-order valence-electron chi connectivity index (χ1n) is 9.28. The third kappa shape index (κ3) is 4.18. The highest BCUT2D eigenvalue weighted by molar-refractivity contribution is 5.91. The number of benzene rings is 1. The van der Waals surface area contributed by atoms with Crippen molar-refractivity contribution in [3.63, 3.8) is 0 Å². The minimum Gasteiger partial charge on any atom is -0.493 e. The maximum absolute atomic E-state index is 12.6. The average molecular weight is 373 g/mol. The van der Waals surface area contributed by atoms with Crippen LogP contribution in [-0.2, 0) is 11.3 Å². The van der Waals surface area contributed by atoms with Crippen LogP contribution >= 0.6 is 0 Å². The van der Waals surface area contributed by atoms with E-state index in [-0.39, 0.29) is 11.8 Å². The molecular weight excluding hydrogens is 346 g/mol. The second-order valence-electron chi connectivity index (χ2n) is 6.69. The zero-order valence-corrected chi connectivity index (χ0v) is 16.2. The van der Waals surface area contributed by atoms with Gasteiger partial charge in [0.1, 0.15) is 5.82 Å². The molecule has 1 aromatic carbocycles. The molecule has 1 aliphatic carbocycles. The van der Waals surface area contributed by atoms with Crippen molar-refractivity contribution in [2.24, 2.45) is 5.92 Å². The lowest BCUT2D eigenvalue weighted by atomic mass is 9.89. The van der Waals surface area contributed by atoms with E-state index in [0.717, 1.165) is 31.2 Å². The molecule has 7 nitrogen and oxygen atoms in total. The third-order valence-electron chi connectivity index (χ3n) is 5.05. The summed E-state index contributed by atoms with van der Waals surface area (Å²) in [6.07, 6.45) is 7.08. The summed E-state index contributed by atoms with van der Waals surface area (Å²) >= 11 is 0. The number of hydrogen-bond donors (Lipinski definition) is 1. The van der Waals surface area contributed by atoms with Gasteiger partial charge in [0.15, 0.2) is 11.5 Å². The summed E-state index contributed by atoms with van der Waals surface area (Å²) in [5.41, 5.74) is 0.881. The maximum atomic E-state index is 12.6. The summed E-state index contributed by atoms with van der Waals surface area (Å²) in [5, 5.41) is 7.39. The molecule has 1 fully saturated rings. The van der Waals surface area contributed by atoms with Gasteiger partial charge < -0.3 is 19.5 Å². The molecule has 0 aliphatic heterocycles. The fourth-order valence-electron chi connectivity index (χ4n) is 3.61. The van der Waals surface area contributed by atoms with Crippen LogP contribution in [0.4, 0.5) is 5.82 Å². The predicted octanol–water partition coefficient (Wildman–Crippen LogP) is 3.48. The van der Waals surface area contributed by atoms with Crippen LogP contribution in [0.2, 0.25) is 0 Å². The van der Waals surface area contributed by atoms with Gasteiger partial charge in [-0.15, -0.1) is 0 Å². The Labute approximate surface area is 159 Å². The van der Waals surface area contributed by atoms with Gasteiger partial charge in [-0.3, -0.25) is 4.79 Å². The van der Waals surface area contributed by atoms with Gasteiger partial charge in [0, 0.05) is 17.5 Å². The first kappa shape index (κ1) is 19.1. The molecule has 1 aromatic heterocycles. The number of hydrogen-bond acceptors (Lipinski definition) is 5. The van der Waals surface area contributed by atoms with Gasteiger partial charge in [-0.2, -0.15) is 5.10 Å². The molecule has 146 valence electrons. The first-order chi connectivity index (χ1) is 13.2. The predicted molar refractivity (Wildman–Crippen MR) is 103 cm³/mol. The van der Waals surface area contributed by atoms with Gasteiger partial charge >= 0.3 is 0 Å². The maximum Gasteiger partial charge on any atom is 0.228 e. The number of nitrogens with zero attached hydrogens (tertiary/aromatic N) is 2. The molecule has 7 heteroatoms. The summed E-state index contributed by atoms with van der Waals surface area (Å²) in [4.78, 5) is 12.6. The first-order valence-corrected chi connectivity index (χ1v) is 9.28. The van der Waals surface area contributed by atoms with E-state index >= 15 is 0 Å². The van der Waals surface area contributed by atoms with E-state index in [4.69, 9.17) is 14.2 Å². The van der Waals surface area contributed by atoms with E-state index < -0.39 is 0 Å². The number of ether oxygens (including phenoxy) is 3. The lowest BCUT2D eigenvalue weighted by Crippen LogP contribution is -2.26. The largest absolute Gasteiger partial charge is 0.493 e. The molecule has 0 saturated heterocycles. The second kappa shape index (κ2) is 8.79. The summed E-state index contributed by atoms with van der Waals surface area (Å²) in [5.74, 6) is 2.59. The zero-order valence-electron chi connectivity index (χ0n) is 16.2. The lowest BCUT2D eigenvalue weighted by molar-refractivity contribution is -0.120. The summed E-state index contributed by atoms with van der Waals surface area (Å²) in [6, 6.07) is 5.56. The van der Waals surface area contributed by atoms with Crippen molar-refractivity contribution < 1.29 is 19.0 Å². The Morgan fingerprint density at radius 1 is 1.07 bits per heavy atom. The Kier molecular flexibility index (Phi) is 6.21. The van der Waals surface area contributed by atoms with E-state index in [9.17, 15) is 4.79 Å². The van der Waals surface area contributed by atoms with Crippen LogP contribution in [0, 0.1) is 5.92 Å². The molecule has 1 amide bonds. The number of methoxy groups -OCH3 is 3. The zero-order chi connectivity index (χ0) is 19.2. The molecular formula is C20H27N3O4. The highest BCUT2D eigenvalue weighted by Gasteiger charge is 2.22. The highest BCUT2D eigenvalue weighted by atomic mass is 16.5. The molecule has 0 radical (unpaired) electrons. The van der Waals surface area contributed by atoms with E-state index in [1.807, 2.05) is 18.2 Å². The van der Waals surface area contributed by atoms with Crippen molar-refractivity contribution in [2.45, 2.75) is 38.6 Å². The fourth-order valence-corrected chi connectivity index (χ4v) is 3.61. The standard InChI is InChI=1S/C20H27N3O4/c1-25-16-10-9-15(18(26-2)19(16)27-3)13-23-17(11-12-21-23)22-20(24)14-7-5-4-6-8-14/h9-12,14H,4-8,13H2,1-3H3,(H,22,24). The molecule has 2 aromatic rings. The molecule has 27 heavy (non-hydrogen) atoms. The van der Waals surface area contributed by atoms with Crippen LogP contribution in [0.3, 0.4) is 0 Å². The van der Waals surface area contributed by atoms with Crippen molar-refractivity contribution in [3.05, 3.63) is 30.0 Å². The number of carbonyl (C=O) groups is 1. The van der Waals surface area contributed by atoms with Gasteiger partial charge in [0.05, 0.1) is 34.1 Å². The topological polar surface area (TPSA) is 74.6 Å². The fraction of sp³-hybridized carbons (Fsp3) is 0.500. The Hall–Kier alpha value is -2.70. The monoisotopic (exact) mass is 373 g/mol. The minimum absolute atomic E-state index is 0.0794. The van der Waals surface area contributed by atoms with Crippen LogP contribution in [0.1, 0.15) is 37.7 Å². The smallest absolute Gasteiger partial charge is 0.228 e. The molecule has 1 N–H and O–H groups in total. The quantitative estimate of drug-likeness (QED) is 0.804. The molecule has 0 unspecified atom stereocenters. The number of nitrogens with one attached hydrogen (secondary N) is 1. The van der Waals surface area contributed by atoms with E-state index in [2.05, 4.69) is 10.4 Å². The van der Waals surface area contributed by atoms with Crippen LogP contribution in [0.5, 0.6) is 17.2 Å². The molecule has 0 spiro atoms. The lowest BCUT2D eigenvalue weighted by Gasteiger charge is -2.21. The van der Waals surface area contributed by atoms with Gasteiger partial charge in [0.25, 0.3) is 0 Å². The molecule has 1 heterocycles. The van der Waals surface area contributed by atoms with Crippen LogP contribution in [0.15, 0.2) is 24.4 Å². The van der Waals surface area contributed by atoms with Crippen molar-refractivity contribution in [3.8, 4) is 17.2 Å². The van der Waals surface area contributed by atoms with Gasteiger partial charge in [-0.25, -0.2) is 4.68 Å². The summed E-state index contributed by atoms with van der Waals surface area (Å²) in [6.45, 7) is 0.441. The Bertz CT molecular complexity index is 782. The van der Waals surface area contributed by atoms with Crippen molar-refractivity contribution in [2.75, 3.05) is 26.6 Å². The summed E-state index contributed by atoms with van der Waals surface area (Å²) < 4.78 is 18.1. The van der Waals surface area contributed by atoms with Crippen molar-refractivity contribution >= 4 is 11.7 Å². The highest BCUT2D eigenvalue weighted by Crippen LogP contribution is 2.40. The van der Waals surface area contributed by atoms with Crippen molar-refractivity contribution in [1.82, 2.24) is 9.78 Å². The van der Waals surface area contributed by atoms with Gasteiger partial charge in [-0.05, 0) is 25.0 Å². The van der Waals surface area contributed by atoms with E-state index in [1.165, 1.54) is 6.42 Å². The second-order valence-corrected chi connectivity index (χ2v) is 6.69. The Morgan fingerprint density at radius 3 is 2.48 bits per heavy atom. The number of amides is 1. The molecule has 3 rings (SSSR count). The van der Waals surface area contributed by atoms with E-state index in [0.29, 0.717) is 29.6 Å².